The van der Waals surface area contributed by atoms with Gasteiger partial charge in [-0.2, -0.15) is 0 Å². The van der Waals surface area contributed by atoms with E-state index in [9.17, 15) is 0 Å². The lowest BCUT2D eigenvalue weighted by Crippen LogP contribution is -2.35. The molecule has 0 aliphatic carbocycles. The maximum atomic E-state index is 5.92. The topological polar surface area (TPSA) is 24.1 Å². The van der Waals surface area contributed by atoms with Crippen molar-refractivity contribution in [2.75, 3.05) is 18.4 Å². The van der Waals surface area contributed by atoms with E-state index in [0.717, 1.165) is 17.3 Å². The quantitative estimate of drug-likeness (QED) is 0.841. The molecule has 1 aromatic carbocycles. The lowest BCUT2D eigenvalue weighted by Gasteiger charge is -2.23. The summed E-state index contributed by atoms with van der Waals surface area (Å²) in [7, 11) is 0. The number of piperidine rings is 1. The molecule has 0 bridgehead atoms. The second kappa shape index (κ2) is 6.12. The van der Waals surface area contributed by atoms with Crippen molar-refractivity contribution in [3.63, 3.8) is 0 Å². The van der Waals surface area contributed by atoms with Gasteiger partial charge in [-0.05, 0) is 44.0 Å². The van der Waals surface area contributed by atoms with Crippen molar-refractivity contribution in [3.8, 4) is 0 Å². The first kappa shape index (κ1) is 11.7. The average Bonchev–Trinajstić information content (AvgIpc) is 2.30. The van der Waals surface area contributed by atoms with Crippen LogP contribution < -0.4 is 10.6 Å². The predicted molar refractivity (Wildman–Crippen MR) is 70.2 cm³/mol. The molecule has 3 heteroatoms. The monoisotopic (exact) mass is 238 g/mol. The van der Waals surface area contributed by atoms with Crippen molar-refractivity contribution in [2.24, 2.45) is 0 Å². The summed E-state index contributed by atoms with van der Waals surface area (Å²) in [5, 5.41) is 7.75. The Morgan fingerprint density at radius 2 is 2.31 bits per heavy atom. The van der Waals surface area contributed by atoms with E-state index in [2.05, 4.69) is 16.7 Å². The second-order valence-electron chi connectivity index (χ2n) is 4.37. The molecule has 1 saturated heterocycles. The number of nitrogens with one attached hydrogen (secondary N) is 2. The van der Waals surface area contributed by atoms with Gasteiger partial charge in [0.25, 0.3) is 0 Å². The van der Waals surface area contributed by atoms with Gasteiger partial charge in [-0.15, -0.1) is 0 Å². The van der Waals surface area contributed by atoms with Crippen molar-refractivity contribution in [3.05, 3.63) is 29.3 Å². The molecule has 16 heavy (non-hydrogen) atoms. The van der Waals surface area contributed by atoms with Crippen LogP contribution in [0.3, 0.4) is 0 Å². The molecule has 0 radical (unpaired) electrons. The third-order valence-electron chi connectivity index (χ3n) is 3.06. The minimum absolute atomic E-state index is 0.695. The van der Waals surface area contributed by atoms with Gasteiger partial charge in [0.2, 0.25) is 0 Å². The first-order valence-corrected chi connectivity index (χ1v) is 6.45. The molecule has 1 aromatic rings. The molecule has 1 aliphatic heterocycles. The second-order valence-corrected chi connectivity index (χ2v) is 4.81. The first-order chi connectivity index (χ1) is 7.84. The van der Waals surface area contributed by atoms with E-state index in [0.29, 0.717) is 6.04 Å². The Hall–Kier alpha value is -0.730. The van der Waals surface area contributed by atoms with Crippen LogP contribution in [0.5, 0.6) is 0 Å². The van der Waals surface area contributed by atoms with Crippen molar-refractivity contribution in [1.82, 2.24) is 5.32 Å². The van der Waals surface area contributed by atoms with E-state index in [4.69, 9.17) is 11.6 Å². The first-order valence-electron chi connectivity index (χ1n) is 6.07. The molecule has 0 amide bonds. The molecule has 0 aromatic heterocycles. The fourth-order valence-electron chi connectivity index (χ4n) is 2.16. The van der Waals surface area contributed by atoms with Gasteiger partial charge in [-0.3, -0.25) is 0 Å². The van der Waals surface area contributed by atoms with Crippen LogP contribution in [0.15, 0.2) is 24.3 Å². The fourth-order valence-corrected chi connectivity index (χ4v) is 2.35. The van der Waals surface area contributed by atoms with E-state index >= 15 is 0 Å². The van der Waals surface area contributed by atoms with E-state index in [1.807, 2.05) is 18.2 Å². The van der Waals surface area contributed by atoms with Gasteiger partial charge in [-0.1, -0.05) is 24.1 Å². The highest BCUT2D eigenvalue weighted by atomic mass is 35.5. The Labute approximate surface area is 102 Å². The maximum absolute atomic E-state index is 5.92. The van der Waals surface area contributed by atoms with Crippen molar-refractivity contribution >= 4 is 17.3 Å². The van der Waals surface area contributed by atoms with Gasteiger partial charge in [0.05, 0.1) is 0 Å². The van der Waals surface area contributed by atoms with Gasteiger partial charge < -0.3 is 10.6 Å². The van der Waals surface area contributed by atoms with E-state index < -0.39 is 0 Å². The molecule has 1 fully saturated rings. The molecule has 0 spiro atoms. The van der Waals surface area contributed by atoms with Crippen LogP contribution in [-0.2, 0) is 0 Å². The van der Waals surface area contributed by atoms with E-state index in [-0.39, 0.29) is 0 Å². The zero-order valence-electron chi connectivity index (χ0n) is 9.51. The molecule has 1 unspecified atom stereocenters. The summed E-state index contributed by atoms with van der Waals surface area (Å²) in [5.74, 6) is 0. The number of hydrogen-bond acceptors (Lipinski definition) is 2. The van der Waals surface area contributed by atoms with Crippen LogP contribution in [0.1, 0.15) is 25.7 Å². The van der Waals surface area contributed by atoms with E-state index in [1.165, 1.54) is 32.2 Å². The zero-order valence-corrected chi connectivity index (χ0v) is 10.3. The number of halogens is 1. The van der Waals surface area contributed by atoms with Gasteiger partial charge >= 0.3 is 0 Å². The highest BCUT2D eigenvalue weighted by molar-refractivity contribution is 6.30. The van der Waals surface area contributed by atoms with Gasteiger partial charge in [-0.25, -0.2) is 0 Å². The standard InChI is InChI=1S/C13H19ClN2/c14-11-4-3-6-13(10-11)16-9-7-12-5-1-2-8-15-12/h3-4,6,10,12,15-16H,1-2,5,7-9H2. The Balaban J connectivity index is 1.71. The molecule has 2 N–H and O–H groups in total. The van der Waals surface area contributed by atoms with Crippen LogP contribution in [-0.4, -0.2) is 19.1 Å². The molecule has 88 valence electrons. The predicted octanol–water partition coefficient (Wildman–Crippen LogP) is 3.28. The highest BCUT2D eigenvalue weighted by Gasteiger charge is 2.11. The largest absolute Gasteiger partial charge is 0.385 e. The smallest absolute Gasteiger partial charge is 0.0426 e. The molecule has 0 saturated carbocycles. The molecule has 1 atom stereocenters. The van der Waals surface area contributed by atoms with Gasteiger partial charge in [0, 0.05) is 23.3 Å². The minimum Gasteiger partial charge on any atom is -0.385 e. The van der Waals surface area contributed by atoms with Crippen LogP contribution in [0, 0.1) is 0 Å². The highest BCUT2D eigenvalue weighted by Crippen LogP contribution is 2.15. The average molecular weight is 239 g/mol. The summed E-state index contributed by atoms with van der Waals surface area (Å²) in [6.07, 6.45) is 5.21. The number of rotatable bonds is 4. The molecule has 1 aliphatic rings. The zero-order chi connectivity index (χ0) is 11.2. The summed E-state index contributed by atoms with van der Waals surface area (Å²) in [6.45, 7) is 2.19. The van der Waals surface area contributed by atoms with E-state index in [1.54, 1.807) is 0 Å². The third kappa shape index (κ3) is 3.69. The Morgan fingerprint density at radius 3 is 3.06 bits per heavy atom. The third-order valence-corrected chi connectivity index (χ3v) is 3.29. The summed E-state index contributed by atoms with van der Waals surface area (Å²) in [5.41, 5.74) is 1.11. The summed E-state index contributed by atoms with van der Waals surface area (Å²) in [4.78, 5) is 0. The summed E-state index contributed by atoms with van der Waals surface area (Å²) < 4.78 is 0. The lowest BCUT2D eigenvalue weighted by molar-refractivity contribution is 0.389. The lowest BCUT2D eigenvalue weighted by atomic mass is 10.0. The molecular formula is C13H19ClN2. The Morgan fingerprint density at radius 1 is 1.38 bits per heavy atom. The van der Waals surface area contributed by atoms with Crippen LogP contribution in [0.2, 0.25) is 5.02 Å². The summed E-state index contributed by atoms with van der Waals surface area (Å²) in [6, 6.07) is 8.59. The maximum Gasteiger partial charge on any atom is 0.0426 e. The van der Waals surface area contributed by atoms with Crippen molar-refractivity contribution in [2.45, 2.75) is 31.7 Å². The Kier molecular flexibility index (Phi) is 4.49. The molecule has 2 rings (SSSR count). The molecule has 1 heterocycles. The fraction of sp³-hybridized carbons (Fsp3) is 0.538. The number of hydrogen-bond donors (Lipinski definition) is 2. The SMILES string of the molecule is Clc1cccc(NCCC2CCCCN2)c1. The number of anilines is 1. The van der Waals surface area contributed by atoms with Gasteiger partial charge in [0.1, 0.15) is 0 Å². The van der Waals surface area contributed by atoms with Crippen molar-refractivity contribution < 1.29 is 0 Å². The molecule has 2 nitrogen and oxygen atoms in total. The Bertz CT molecular complexity index is 321. The van der Waals surface area contributed by atoms with Crippen LogP contribution in [0.4, 0.5) is 5.69 Å². The molecular weight excluding hydrogens is 220 g/mol. The summed E-state index contributed by atoms with van der Waals surface area (Å²) >= 11 is 5.92. The van der Waals surface area contributed by atoms with Gasteiger partial charge in [0.15, 0.2) is 0 Å². The number of benzene rings is 1. The van der Waals surface area contributed by atoms with Crippen LogP contribution >= 0.6 is 11.6 Å². The van der Waals surface area contributed by atoms with Crippen molar-refractivity contribution in [1.29, 1.82) is 0 Å². The van der Waals surface area contributed by atoms with Crippen LogP contribution in [0.25, 0.3) is 0 Å². The minimum atomic E-state index is 0.695. The normalized spacial score (nSPS) is 20.7.